The second kappa shape index (κ2) is 8.17. The van der Waals surface area contributed by atoms with Crippen molar-refractivity contribution in [2.24, 2.45) is 0 Å². The van der Waals surface area contributed by atoms with Crippen molar-refractivity contribution in [1.29, 1.82) is 0 Å². The third kappa shape index (κ3) is 4.17. The van der Waals surface area contributed by atoms with Crippen LogP contribution in [-0.4, -0.2) is 72.2 Å². The molecule has 0 N–H and O–H groups in total. The quantitative estimate of drug-likeness (QED) is 0.749. The van der Waals surface area contributed by atoms with Crippen molar-refractivity contribution < 1.29 is 17.6 Å². The molecule has 2 saturated heterocycles. The molecule has 1 unspecified atom stereocenters. The van der Waals surface area contributed by atoms with Crippen LogP contribution in [0.3, 0.4) is 0 Å². The number of carbonyl (C=O) groups is 1. The van der Waals surface area contributed by atoms with E-state index in [1.165, 1.54) is 34.9 Å². The van der Waals surface area contributed by atoms with Gasteiger partial charge in [-0.2, -0.15) is 4.31 Å². The smallest absolute Gasteiger partial charge is 0.244 e. The third-order valence-corrected chi connectivity index (χ3v) is 7.33. The topological polar surface area (TPSA) is 73.8 Å². The summed E-state index contributed by atoms with van der Waals surface area (Å²) in [6.45, 7) is 2.82. The van der Waals surface area contributed by atoms with Crippen molar-refractivity contribution in [2.45, 2.75) is 23.9 Å². The van der Waals surface area contributed by atoms with Crippen molar-refractivity contribution in [1.82, 2.24) is 19.1 Å². The van der Waals surface area contributed by atoms with E-state index in [0.29, 0.717) is 39.1 Å². The molecule has 2 aromatic rings. The Hall–Kier alpha value is -2.36. The van der Waals surface area contributed by atoms with Gasteiger partial charge in [-0.15, -0.1) is 0 Å². The first-order valence-electron chi connectivity index (χ1n) is 9.62. The molecular formula is C20H23FN4O3S. The average Bonchev–Trinajstić information content (AvgIpc) is 2.96. The van der Waals surface area contributed by atoms with E-state index in [9.17, 15) is 17.6 Å². The van der Waals surface area contributed by atoms with Crippen LogP contribution >= 0.6 is 0 Å². The van der Waals surface area contributed by atoms with Crippen molar-refractivity contribution in [3.8, 4) is 0 Å². The van der Waals surface area contributed by atoms with Crippen molar-refractivity contribution in [2.75, 3.05) is 32.7 Å². The molecule has 0 bridgehead atoms. The molecule has 1 amide bonds. The van der Waals surface area contributed by atoms with Crippen LogP contribution < -0.4 is 0 Å². The highest BCUT2D eigenvalue weighted by atomic mass is 32.2. The Morgan fingerprint density at radius 3 is 2.59 bits per heavy atom. The highest BCUT2D eigenvalue weighted by Gasteiger charge is 2.40. The average molecular weight is 418 g/mol. The summed E-state index contributed by atoms with van der Waals surface area (Å²) >= 11 is 0. The first-order chi connectivity index (χ1) is 13.9. The number of halogens is 1. The summed E-state index contributed by atoms with van der Waals surface area (Å²) in [7, 11) is -3.71. The van der Waals surface area contributed by atoms with Crippen LogP contribution in [0.15, 0.2) is 53.7 Å². The number of nitrogens with zero attached hydrogens (tertiary/aromatic N) is 4. The van der Waals surface area contributed by atoms with Gasteiger partial charge < -0.3 is 4.90 Å². The maximum atomic E-state index is 13.2. The number of piperazine rings is 1. The van der Waals surface area contributed by atoms with Crippen LogP contribution in [0.25, 0.3) is 0 Å². The standard InChI is InChI=1S/C20H23FN4O3S/c21-17-6-4-16(5-7-17)14-24-12-11-23-9-2-10-25(15-19(23)20(24)26)29(27,28)18-3-1-8-22-13-18/h1,3-8,13,19H,2,9-12,14-15H2. The van der Waals surface area contributed by atoms with Crippen LogP contribution in [0.1, 0.15) is 12.0 Å². The number of pyridine rings is 1. The summed E-state index contributed by atoms with van der Waals surface area (Å²) in [5.74, 6) is -0.404. The van der Waals surface area contributed by atoms with Gasteiger partial charge in [0.2, 0.25) is 15.9 Å². The molecule has 3 heterocycles. The molecule has 0 aliphatic carbocycles. The molecule has 4 rings (SSSR count). The Morgan fingerprint density at radius 2 is 1.86 bits per heavy atom. The zero-order chi connectivity index (χ0) is 20.4. The number of sulfonamides is 1. The Bertz CT molecular complexity index is 969. The second-order valence-electron chi connectivity index (χ2n) is 7.34. The minimum Gasteiger partial charge on any atom is -0.336 e. The van der Waals surface area contributed by atoms with E-state index >= 15 is 0 Å². The van der Waals surface area contributed by atoms with Crippen LogP contribution in [-0.2, 0) is 21.4 Å². The summed E-state index contributed by atoms with van der Waals surface area (Å²) in [5, 5.41) is 0. The lowest BCUT2D eigenvalue weighted by molar-refractivity contribution is -0.142. The molecule has 9 heteroatoms. The molecule has 2 fully saturated rings. The van der Waals surface area contributed by atoms with E-state index in [1.807, 2.05) is 0 Å². The highest BCUT2D eigenvalue weighted by molar-refractivity contribution is 7.89. The monoisotopic (exact) mass is 418 g/mol. The number of hydrogen-bond acceptors (Lipinski definition) is 5. The number of benzene rings is 1. The fourth-order valence-electron chi connectivity index (χ4n) is 3.91. The third-order valence-electron chi connectivity index (χ3n) is 5.48. The van der Waals surface area contributed by atoms with Gasteiger partial charge in [0.05, 0.1) is 0 Å². The predicted molar refractivity (Wildman–Crippen MR) is 105 cm³/mol. The van der Waals surface area contributed by atoms with Gasteiger partial charge in [-0.25, -0.2) is 12.8 Å². The number of aromatic nitrogens is 1. The predicted octanol–water partition coefficient (Wildman–Crippen LogP) is 1.33. The number of fused-ring (bicyclic) bond motifs is 1. The van der Waals surface area contributed by atoms with Crippen LogP contribution in [0.5, 0.6) is 0 Å². The van der Waals surface area contributed by atoms with Crippen LogP contribution in [0, 0.1) is 5.82 Å². The molecule has 0 spiro atoms. The SMILES string of the molecule is O=C1C2CN(S(=O)(=O)c3cccnc3)CCCN2CCN1Cc1ccc(F)cc1. The first kappa shape index (κ1) is 19.9. The van der Waals surface area contributed by atoms with Crippen LogP contribution in [0.4, 0.5) is 4.39 Å². The zero-order valence-electron chi connectivity index (χ0n) is 15.9. The highest BCUT2D eigenvalue weighted by Crippen LogP contribution is 2.23. The summed E-state index contributed by atoms with van der Waals surface area (Å²) in [6.07, 6.45) is 3.53. The molecule has 1 aromatic carbocycles. The van der Waals surface area contributed by atoms with Crippen molar-refractivity contribution in [3.05, 3.63) is 60.2 Å². The zero-order valence-corrected chi connectivity index (χ0v) is 16.8. The number of amides is 1. The molecule has 154 valence electrons. The summed E-state index contributed by atoms with van der Waals surface area (Å²) in [4.78, 5) is 21.0. The number of hydrogen-bond donors (Lipinski definition) is 0. The van der Waals surface area contributed by atoms with Gasteiger partial charge in [0, 0.05) is 51.7 Å². The Morgan fingerprint density at radius 1 is 1.07 bits per heavy atom. The normalized spacial score (nSPS) is 21.6. The first-order valence-corrected chi connectivity index (χ1v) is 11.1. The molecule has 0 saturated carbocycles. The van der Waals surface area contributed by atoms with E-state index in [0.717, 1.165) is 5.56 Å². The van der Waals surface area contributed by atoms with Gasteiger partial charge >= 0.3 is 0 Å². The maximum absolute atomic E-state index is 13.2. The molecule has 2 aliphatic heterocycles. The van der Waals surface area contributed by atoms with Crippen molar-refractivity contribution >= 4 is 15.9 Å². The summed E-state index contributed by atoms with van der Waals surface area (Å²) < 4.78 is 40.6. The molecule has 2 aliphatic rings. The second-order valence-corrected chi connectivity index (χ2v) is 9.28. The Labute approximate surface area is 169 Å². The summed E-state index contributed by atoms with van der Waals surface area (Å²) in [5.41, 5.74) is 0.849. The minimum absolute atomic E-state index is 0.0890. The molecule has 1 aromatic heterocycles. The van der Waals surface area contributed by atoms with Gasteiger partial charge in [0.15, 0.2) is 0 Å². The van der Waals surface area contributed by atoms with E-state index in [2.05, 4.69) is 9.88 Å². The lowest BCUT2D eigenvalue weighted by Crippen LogP contribution is -2.59. The van der Waals surface area contributed by atoms with E-state index < -0.39 is 16.1 Å². The van der Waals surface area contributed by atoms with Gasteiger partial charge in [-0.05, 0) is 36.2 Å². The van der Waals surface area contributed by atoms with Gasteiger partial charge in [0.25, 0.3) is 0 Å². The molecule has 29 heavy (non-hydrogen) atoms. The maximum Gasteiger partial charge on any atom is 0.244 e. The summed E-state index contributed by atoms with van der Waals surface area (Å²) in [6, 6.07) is 8.69. The molecule has 0 radical (unpaired) electrons. The lowest BCUT2D eigenvalue weighted by atomic mass is 10.1. The van der Waals surface area contributed by atoms with Crippen LogP contribution in [0.2, 0.25) is 0 Å². The van der Waals surface area contributed by atoms with E-state index in [-0.39, 0.29) is 23.2 Å². The number of rotatable bonds is 4. The van der Waals surface area contributed by atoms with E-state index in [1.54, 1.807) is 23.1 Å². The van der Waals surface area contributed by atoms with Gasteiger partial charge in [-0.1, -0.05) is 12.1 Å². The molecule has 1 atom stereocenters. The van der Waals surface area contributed by atoms with Crippen molar-refractivity contribution in [3.63, 3.8) is 0 Å². The largest absolute Gasteiger partial charge is 0.336 e. The fourth-order valence-corrected chi connectivity index (χ4v) is 5.36. The number of carbonyl (C=O) groups excluding carboxylic acids is 1. The molecule has 7 nitrogen and oxygen atoms in total. The minimum atomic E-state index is -3.71. The van der Waals surface area contributed by atoms with Gasteiger partial charge in [0.1, 0.15) is 16.8 Å². The fraction of sp³-hybridized carbons (Fsp3) is 0.400. The Kier molecular flexibility index (Phi) is 5.62. The molecular weight excluding hydrogens is 395 g/mol. The van der Waals surface area contributed by atoms with Gasteiger partial charge in [-0.3, -0.25) is 14.7 Å². The van der Waals surface area contributed by atoms with E-state index in [4.69, 9.17) is 0 Å². The lowest BCUT2D eigenvalue weighted by Gasteiger charge is -2.40. The Balaban J connectivity index is 1.53.